The molecule has 3 N–H and O–H groups in total. The summed E-state index contributed by atoms with van der Waals surface area (Å²) in [5.74, 6) is -0.118. The Kier molecular flexibility index (Phi) is 6.41. The predicted molar refractivity (Wildman–Crippen MR) is 128 cm³/mol. The molecule has 6 nitrogen and oxygen atoms in total. The first-order chi connectivity index (χ1) is 15.3. The van der Waals surface area contributed by atoms with Crippen molar-refractivity contribution in [2.45, 2.75) is 19.9 Å². The van der Waals surface area contributed by atoms with Crippen molar-refractivity contribution in [3.05, 3.63) is 89.0 Å². The molecule has 166 valence electrons. The Morgan fingerprint density at radius 2 is 1.84 bits per heavy atom. The molecule has 0 bridgehead atoms. The van der Waals surface area contributed by atoms with Gasteiger partial charge in [-0.2, -0.15) is 0 Å². The van der Waals surface area contributed by atoms with Crippen molar-refractivity contribution in [2.24, 2.45) is 5.14 Å². The molecule has 0 radical (unpaired) electrons. The zero-order valence-electron chi connectivity index (χ0n) is 18.0. The number of nitrogens with one attached hydrogen (secondary N) is 1. The molecule has 32 heavy (non-hydrogen) atoms. The summed E-state index contributed by atoms with van der Waals surface area (Å²) in [4.78, 5) is 15.2. The van der Waals surface area contributed by atoms with Gasteiger partial charge in [-0.25, -0.2) is 13.6 Å². The summed E-state index contributed by atoms with van der Waals surface area (Å²) in [7, 11) is -3.47. The monoisotopic (exact) mass is 449 g/mol. The van der Waals surface area contributed by atoms with E-state index in [4.69, 9.17) is 5.14 Å². The third kappa shape index (κ3) is 4.91. The van der Waals surface area contributed by atoms with Gasteiger partial charge >= 0.3 is 0 Å². The summed E-state index contributed by atoms with van der Waals surface area (Å²) < 4.78 is 22.1. The number of hydrogen-bond donors (Lipinski definition) is 2. The molecule has 0 fully saturated rings. The Labute approximate surface area is 189 Å². The zero-order valence-corrected chi connectivity index (χ0v) is 18.9. The van der Waals surface area contributed by atoms with Crippen LogP contribution in [0.3, 0.4) is 0 Å². The summed E-state index contributed by atoms with van der Waals surface area (Å²) in [6, 6.07) is 22.1. The molecule has 0 saturated heterocycles. The van der Waals surface area contributed by atoms with Crippen LogP contribution in [0.5, 0.6) is 0 Å². The van der Waals surface area contributed by atoms with Crippen molar-refractivity contribution in [1.29, 1.82) is 0 Å². The van der Waals surface area contributed by atoms with E-state index in [-0.39, 0.29) is 18.2 Å². The first kappa shape index (κ1) is 22.2. The molecule has 3 aromatic carbocycles. The lowest BCUT2D eigenvalue weighted by Gasteiger charge is -2.19. The number of primary sulfonamides is 1. The van der Waals surface area contributed by atoms with Gasteiger partial charge in [0.1, 0.15) is 0 Å². The predicted octanol–water partition coefficient (Wildman–Crippen LogP) is 3.24. The van der Waals surface area contributed by atoms with Gasteiger partial charge in [0.05, 0.1) is 5.75 Å². The van der Waals surface area contributed by atoms with Gasteiger partial charge in [0, 0.05) is 30.9 Å². The van der Waals surface area contributed by atoms with Crippen LogP contribution >= 0.6 is 0 Å². The minimum Gasteiger partial charge on any atom is -0.312 e. The number of benzene rings is 3. The van der Waals surface area contributed by atoms with E-state index in [0.29, 0.717) is 18.7 Å². The van der Waals surface area contributed by atoms with E-state index in [1.165, 1.54) is 11.1 Å². The average molecular weight is 450 g/mol. The van der Waals surface area contributed by atoms with Crippen LogP contribution in [0, 0.1) is 6.92 Å². The highest BCUT2D eigenvalue weighted by molar-refractivity contribution is 7.89. The number of amides is 1. The minimum atomic E-state index is -3.47. The first-order valence-electron chi connectivity index (χ1n) is 10.6. The molecule has 0 spiro atoms. The van der Waals surface area contributed by atoms with Crippen LogP contribution in [0.4, 0.5) is 5.69 Å². The highest BCUT2D eigenvalue weighted by atomic mass is 32.2. The number of aryl methyl sites for hydroxylation is 1. The van der Waals surface area contributed by atoms with Gasteiger partial charge in [0.15, 0.2) is 0 Å². The van der Waals surface area contributed by atoms with Crippen LogP contribution in [0.25, 0.3) is 11.1 Å². The van der Waals surface area contributed by atoms with Gasteiger partial charge < -0.3 is 10.2 Å². The van der Waals surface area contributed by atoms with Gasteiger partial charge in [0.2, 0.25) is 10.0 Å². The standard InChI is InChI=1S/C25H27N3O3S/c1-18-16-20(10-11-21(18)17-27-13-15-32(26,30)31)25(29)28-14-12-23-22(8-5-9-24(23)28)19-6-3-2-4-7-19/h2-11,16,27H,12-15,17H2,1H3,(H2,26,30,31). The lowest BCUT2D eigenvalue weighted by atomic mass is 9.98. The number of rotatable bonds is 7. The van der Waals surface area contributed by atoms with Gasteiger partial charge in [-0.05, 0) is 59.4 Å². The second kappa shape index (κ2) is 9.24. The van der Waals surface area contributed by atoms with E-state index in [2.05, 4.69) is 23.5 Å². The summed E-state index contributed by atoms with van der Waals surface area (Å²) in [6.07, 6.45) is 0.831. The van der Waals surface area contributed by atoms with Crippen LogP contribution in [-0.4, -0.2) is 33.2 Å². The number of anilines is 1. The highest BCUT2D eigenvalue weighted by Gasteiger charge is 2.27. The maximum atomic E-state index is 13.3. The molecule has 0 aliphatic carbocycles. The van der Waals surface area contributed by atoms with Crippen molar-refractivity contribution < 1.29 is 13.2 Å². The van der Waals surface area contributed by atoms with E-state index in [1.54, 1.807) is 0 Å². The SMILES string of the molecule is Cc1cc(C(=O)N2CCc3c(-c4ccccc4)cccc32)ccc1CNCCS(N)(=O)=O. The molecule has 1 aliphatic rings. The maximum absolute atomic E-state index is 13.3. The van der Waals surface area contributed by atoms with Crippen molar-refractivity contribution in [3.8, 4) is 11.1 Å². The first-order valence-corrected chi connectivity index (χ1v) is 12.3. The van der Waals surface area contributed by atoms with Gasteiger partial charge in [-0.1, -0.05) is 48.5 Å². The van der Waals surface area contributed by atoms with E-state index < -0.39 is 10.0 Å². The molecule has 1 heterocycles. The summed E-state index contributed by atoms with van der Waals surface area (Å²) >= 11 is 0. The molecule has 4 rings (SSSR count). The average Bonchev–Trinajstić information content (AvgIpc) is 3.21. The van der Waals surface area contributed by atoms with E-state index >= 15 is 0 Å². The second-order valence-electron chi connectivity index (χ2n) is 8.06. The second-order valence-corrected chi connectivity index (χ2v) is 9.80. The Balaban J connectivity index is 1.50. The van der Waals surface area contributed by atoms with Crippen LogP contribution in [0.15, 0.2) is 66.7 Å². The fourth-order valence-corrected chi connectivity index (χ4v) is 4.58. The molecule has 7 heteroatoms. The van der Waals surface area contributed by atoms with E-state index in [0.717, 1.165) is 28.8 Å². The number of fused-ring (bicyclic) bond motifs is 1. The molecular formula is C25H27N3O3S. The van der Waals surface area contributed by atoms with Crippen LogP contribution in [0.2, 0.25) is 0 Å². The fraction of sp³-hybridized carbons (Fsp3) is 0.240. The number of carbonyl (C=O) groups is 1. The Hall–Kier alpha value is -3.00. The topological polar surface area (TPSA) is 92.5 Å². The summed E-state index contributed by atoms with van der Waals surface area (Å²) in [5.41, 5.74) is 7.17. The van der Waals surface area contributed by atoms with Crippen LogP contribution in [0.1, 0.15) is 27.0 Å². The third-order valence-corrected chi connectivity index (χ3v) is 6.60. The molecule has 0 unspecified atom stereocenters. The lowest BCUT2D eigenvalue weighted by Crippen LogP contribution is -2.29. The number of carbonyl (C=O) groups excluding carboxylic acids is 1. The molecule has 1 aliphatic heterocycles. The molecule has 1 amide bonds. The van der Waals surface area contributed by atoms with Crippen molar-refractivity contribution in [1.82, 2.24) is 5.32 Å². The van der Waals surface area contributed by atoms with Crippen LogP contribution in [-0.2, 0) is 23.0 Å². The van der Waals surface area contributed by atoms with E-state index in [9.17, 15) is 13.2 Å². The number of sulfonamides is 1. The van der Waals surface area contributed by atoms with Crippen LogP contribution < -0.4 is 15.4 Å². The van der Waals surface area contributed by atoms with E-state index in [1.807, 2.05) is 60.4 Å². The highest BCUT2D eigenvalue weighted by Crippen LogP contribution is 2.36. The zero-order chi connectivity index (χ0) is 22.7. The normalized spacial score (nSPS) is 13.2. The Bertz CT molecular complexity index is 1240. The van der Waals surface area contributed by atoms with Gasteiger partial charge in [-0.3, -0.25) is 4.79 Å². The summed E-state index contributed by atoms with van der Waals surface area (Å²) in [6.45, 7) is 3.42. The number of nitrogens with two attached hydrogens (primary N) is 1. The lowest BCUT2D eigenvalue weighted by molar-refractivity contribution is 0.0989. The Morgan fingerprint density at radius 1 is 1.06 bits per heavy atom. The molecule has 3 aromatic rings. The number of nitrogens with zero attached hydrogens (tertiary/aromatic N) is 1. The fourth-order valence-electron chi connectivity index (χ4n) is 4.15. The molecule has 0 aromatic heterocycles. The molecular weight excluding hydrogens is 422 g/mol. The number of hydrogen-bond acceptors (Lipinski definition) is 4. The molecule has 0 saturated carbocycles. The van der Waals surface area contributed by atoms with Crippen molar-refractivity contribution >= 4 is 21.6 Å². The van der Waals surface area contributed by atoms with Crippen molar-refractivity contribution in [3.63, 3.8) is 0 Å². The third-order valence-electron chi connectivity index (χ3n) is 5.83. The summed E-state index contributed by atoms with van der Waals surface area (Å²) in [5, 5.41) is 8.11. The smallest absolute Gasteiger partial charge is 0.258 e. The Morgan fingerprint density at radius 3 is 2.56 bits per heavy atom. The molecule has 0 atom stereocenters. The van der Waals surface area contributed by atoms with Gasteiger partial charge in [-0.15, -0.1) is 0 Å². The minimum absolute atomic E-state index is 0.00852. The van der Waals surface area contributed by atoms with Crippen molar-refractivity contribution in [2.75, 3.05) is 23.7 Å². The van der Waals surface area contributed by atoms with Gasteiger partial charge in [0.25, 0.3) is 5.91 Å². The largest absolute Gasteiger partial charge is 0.312 e. The maximum Gasteiger partial charge on any atom is 0.258 e. The quantitative estimate of drug-likeness (QED) is 0.542.